The monoisotopic (exact) mass is 231 g/mol. The smallest absolute Gasteiger partial charge is 0.307 e. The van der Waals surface area contributed by atoms with Crippen molar-refractivity contribution in [3.8, 4) is 0 Å². The molecule has 0 heterocycles. The number of carbonyl (C=O) groups excluding carboxylic acids is 1. The van der Waals surface area contributed by atoms with Crippen molar-refractivity contribution in [2.45, 2.75) is 52.7 Å². The predicted octanol–water partition coefficient (Wildman–Crippen LogP) is 1.73. The van der Waals surface area contributed by atoms with Crippen molar-refractivity contribution in [1.29, 1.82) is 0 Å². The van der Waals surface area contributed by atoms with Gasteiger partial charge in [0.25, 0.3) is 0 Å². The first-order valence-corrected chi connectivity index (χ1v) is 5.89. The molecule has 1 unspecified atom stereocenters. The SMILES string of the molecule is CCOC(C)CNCCC(=O)OC(C)(C)C. The van der Waals surface area contributed by atoms with Gasteiger partial charge < -0.3 is 14.8 Å². The Morgan fingerprint density at radius 3 is 2.50 bits per heavy atom. The molecule has 0 aliphatic carbocycles. The highest BCUT2D eigenvalue weighted by Crippen LogP contribution is 2.07. The summed E-state index contributed by atoms with van der Waals surface area (Å²) in [6.45, 7) is 11.7. The summed E-state index contributed by atoms with van der Waals surface area (Å²) in [5.74, 6) is -0.163. The van der Waals surface area contributed by atoms with E-state index in [1.54, 1.807) is 0 Å². The van der Waals surface area contributed by atoms with Gasteiger partial charge in [-0.15, -0.1) is 0 Å². The molecule has 0 aromatic rings. The van der Waals surface area contributed by atoms with Gasteiger partial charge in [0.05, 0.1) is 12.5 Å². The summed E-state index contributed by atoms with van der Waals surface area (Å²) in [7, 11) is 0. The van der Waals surface area contributed by atoms with Gasteiger partial charge in [-0.3, -0.25) is 4.79 Å². The molecule has 16 heavy (non-hydrogen) atoms. The zero-order chi connectivity index (χ0) is 12.6. The lowest BCUT2D eigenvalue weighted by Gasteiger charge is -2.19. The maximum atomic E-state index is 11.3. The van der Waals surface area contributed by atoms with Gasteiger partial charge in [-0.25, -0.2) is 0 Å². The van der Waals surface area contributed by atoms with Gasteiger partial charge in [-0.1, -0.05) is 0 Å². The molecule has 4 nitrogen and oxygen atoms in total. The minimum Gasteiger partial charge on any atom is -0.460 e. The molecule has 0 amide bonds. The Labute approximate surface area is 98.7 Å². The second-order valence-corrected chi connectivity index (χ2v) is 4.81. The normalized spacial score (nSPS) is 13.6. The molecule has 0 spiro atoms. The van der Waals surface area contributed by atoms with Gasteiger partial charge in [-0.05, 0) is 34.6 Å². The molecule has 1 atom stereocenters. The molecular weight excluding hydrogens is 206 g/mol. The summed E-state index contributed by atoms with van der Waals surface area (Å²) in [5.41, 5.74) is -0.393. The Morgan fingerprint density at radius 2 is 2.00 bits per heavy atom. The fourth-order valence-electron chi connectivity index (χ4n) is 1.23. The van der Waals surface area contributed by atoms with Crippen molar-refractivity contribution < 1.29 is 14.3 Å². The molecule has 0 aliphatic heterocycles. The lowest BCUT2D eigenvalue weighted by Crippen LogP contribution is -2.30. The molecule has 0 radical (unpaired) electrons. The fourth-order valence-corrected chi connectivity index (χ4v) is 1.23. The summed E-state index contributed by atoms with van der Waals surface area (Å²) in [4.78, 5) is 11.3. The zero-order valence-electron chi connectivity index (χ0n) is 11.1. The van der Waals surface area contributed by atoms with E-state index in [9.17, 15) is 4.79 Å². The van der Waals surface area contributed by atoms with Crippen LogP contribution in [0.15, 0.2) is 0 Å². The van der Waals surface area contributed by atoms with E-state index in [2.05, 4.69) is 5.32 Å². The molecular formula is C12H25NO3. The van der Waals surface area contributed by atoms with Gasteiger partial charge in [0.1, 0.15) is 5.60 Å². The van der Waals surface area contributed by atoms with Crippen LogP contribution in [-0.2, 0) is 14.3 Å². The standard InChI is InChI=1S/C12H25NO3/c1-6-15-10(2)9-13-8-7-11(14)16-12(3,4)5/h10,13H,6-9H2,1-5H3. The van der Waals surface area contributed by atoms with Gasteiger partial charge in [0.2, 0.25) is 0 Å². The van der Waals surface area contributed by atoms with Crippen molar-refractivity contribution in [3.63, 3.8) is 0 Å². The largest absolute Gasteiger partial charge is 0.460 e. The Morgan fingerprint density at radius 1 is 1.38 bits per heavy atom. The third kappa shape index (κ3) is 9.93. The minimum atomic E-state index is -0.393. The molecule has 0 saturated heterocycles. The highest BCUT2D eigenvalue weighted by atomic mass is 16.6. The predicted molar refractivity (Wildman–Crippen MR) is 64.4 cm³/mol. The topological polar surface area (TPSA) is 47.6 Å². The summed E-state index contributed by atoms with van der Waals surface area (Å²) in [6, 6.07) is 0. The summed E-state index contributed by atoms with van der Waals surface area (Å²) < 4.78 is 10.5. The maximum absolute atomic E-state index is 11.3. The highest BCUT2D eigenvalue weighted by molar-refractivity contribution is 5.70. The first kappa shape index (κ1) is 15.4. The van der Waals surface area contributed by atoms with Crippen molar-refractivity contribution in [3.05, 3.63) is 0 Å². The first-order valence-electron chi connectivity index (χ1n) is 5.89. The lowest BCUT2D eigenvalue weighted by atomic mass is 10.2. The molecule has 0 bridgehead atoms. The quantitative estimate of drug-likeness (QED) is 0.535. The summed E-state index contributed by atoms with van der Waals surface area (Å²) >= 11 is 0. The molecule has 0 aliphatic rings. The van der Waals surface area contributed by atoms with Crippen molar-refractivity contribution in [2.75, 3.05) is 19.7 Å². The van der Waals surface area contributed by atoms with E-state index in [4.69, 9.17) is 9.47 Å². The molecule has 0 fully saturated rings. The Hall–Kier alpha value is -0.610. The van der Waals surface area contributed by atoms with Crippen LogP contribution in [0, 0.1) is 0 Å². The fraction of sp³-hybridized carbons (Fsp3) is 0.917. The van der Waals surface area contributed by atoms with Gasteiger partial charge in [0, 0.05) is 19.7 Å². The van der Waals surface area contributed by atoms with Crippen LogP contribution in [0.5, 0.6) is 0 Å². The van der Waals surface area contributed by atoms with Crippen molar-refractivity contribution >= 4 is 5.97 Å². The number of carbonyl (C=O) groups is 1. The van der Waals surface area contributed by atoms with Crippen LogP contribution in [0.4, 0.5) is 0 Å². The van der Waals surface area contributed by atoms with Crippen LogP contribution in [0.1, 0.15) is 41.0 Å². The highest BCUT2D eigenvalue weighted by Gasteiger charge is 2.15. The molecule has 0 aromatic carbocycles. The van der Waals surface area contributed by atoms with Crippen LogP contribution in [-0.4, -0.2) is 37.4 Å². The Kier molecular flexibility index (Phi) is 7.34. The first-order chi connectivity index (χ1) is 7.35. The van der Waals surface area contributed by atoms with E-state index < -0.39 is 5.60 Å². The Bertz CT molecular complexity index is 199. The van der Waals surface area contributed by atoms with Crippen molar-refractivity contribution in [1.82, 2.24) is 5.32 Å². The van der Waals surface area contributed by atoms with E-state index >= 15 is 0 Å². The second kappa shape index (κ2) is 7.63. The van der Waals surface area contributed by atoms with Crippen LogP contribution < -0.4 is 5.32 Å². The van der Waals surface area contributed by atoms with Crippen LogP contribution >= 0.6 is 0 Å². The van der Waals surface area contributed by atoms with Crippen LogP contribution in [0.2, 0.25) is 0 Å². The number of hydrogen-bond acceptors (Lipinski definition) is 4. The number of rotatable bonds is 7. The van der Waals surface area contributed by atoms with E-state index in [-0.39, 0.29) is 12.1 Å². The third-order valence-corrected chi connectivity index (χ3v) is 1.81. The van der Waals surface area contributed by atoms with E-state index in [0.29, 0.717) is 13.0 Å². The number of nitrogens with one attached hydrogen (secondary N) is 1. The number of ether oxygens (including phenoxy) is 2. The molecule has 1 N–H and O–H groups in total. The summed E-state index contributed by atoms with van der Waals surface area (Å²) in [6.07, 6.45) is 0.583. The number of esters is 1. The molecule has 96 valence electrons. The van der Waals surface area contributed by atoms with Crippen molar-refractivity contribution in [2.24, 2.45) is 0 Å². The second-order valence-electron chi connectivity index (χ2n) is 4.81. The molecule has 0 saturated carbocycles. The zero-order valence-corrected chi connectivity index (χ0v) is 11.1. The Balaban J connectivity index is 3.48. The van der Waals surface area contributed by atoms with Gasteiger partial charge in [-0.2, -0.15) is 0 Å². The van der Waals surface area contributed by atoms with Crippen LogP contribution in [0.25, 0.3) is 0 Å². The molecule has 4 heteroatoms. The minimum absolute atomic E-state index is 0.163. The van der Waals surface area contributed by atoms with Crippen LogP contribution in [0.3, 0.4) is 0 Å². The van der Waals surface area contributed by atoms with E-state index in [0.717, 1.165) is 13.2 Å². The van der Waals surface area contributed by atoms with E-state index in [1.165, 1.54) is 0 Å². The maximum Gasteiger partial charge on any atom is 0.307 e. The van der Waals surface area contributed by atoms with Gasteiger partial charge in [0.15, 0.2) is 0 Å². The third-order valence-electron chi connectivity index (χ3n) is 1.81. The average Bonchev–Trinajstić information content (AvgIpc) is 2.10. The number of hydrogen-bond donors (Lipinski definition) is 1. The summed E-state index contributed by atoms with van der Waals surface area (Å²) in [5, 5.41) is 3.16. The molecule has 0 rings (SSSR count). The average molecular weight is 231 g/mol. The molecule has 0 aromatic heterocycles. The van der Waals surface area contributed by atoms with Gasteiger partial charge >= 0.3 is 5.97 Å². The van der Waals surface area contributed by atoms with E-state index in [1.807, 2.05) is 34.6 Å². The lowest BCUT2D eigenvalue weighted by molar-refractivity contribution is -0.154.